The van der Waals surface area contributed by atoms with E-state index in [4.69, 9.17) is 18.9 Å². The van der Waals surface area contributed by atoms with E-state index in [1.165, 1.54) is 16.0 Å². The molecule has 9 nitrogen and oxygen atoms in total. The van der Waals surface area contributed by atoms with Crippen LogP contribution < -0.4 is 9.47 Å². The third-order valence-electron chi connectivity index (χ3n) is 8.19. The molecule has 0 saturated carbocycles. The zero-order chi connectivity index (χ0) is 38.6. The number of nitrogens with zero attached hydrogens (tertiary/aromatic N) is 1. The molecule has 0 heterocycles. The predicted molar refractivity (Wildman–Crippen MR) is 220 cm³/mol. The van der Waals surface area contributed by atoms with Gasteiger partial charge < -0.3 is 18.9 Å². The van der Waals surface area contributed by atoms with E-state index in [2.05, 4.69) is 51.4 Å². The van der Waals surface area contributed by atoms with Gasteiger partial charge in [0.2, 0.25) is 10.0 Å². The molecule has 0 amide bonds. The molecule has 3 rings (SSSR count). The summed E-state index contributed by atoms with van der Waals surface area (Å²) in [5, 5.41) is 1.21. The Balaban J connectivity index is 1.61. The second kappa shape index (κ2) is 19.5. The standard InChI is InChI=1S/C39H59NO8S2Si2/c1-32-26-38(47-19-11-22-49(3,41)42)27-33(2)39(32)36-13-10-12-35(28-36)29-48-37-16-14-34(15-17-37)18-23-50(43,44)40(30-45-20-24-51(4,5)6)31-46-21-25-52(7,8)9/h10,12-18,23,26-28H,11,19-22,24-25,29-31H2,1-9H3. The van der Waals surface area contributed by atoms with E-state index in [0.717, 1.165) is 51.2 Å². The van der Waals surface area contributed by atoms with Crippen LogP contribution in [-0.4, -0.2) is 82.6 Å². The van der Waals surface area contributed by atoms with Crippen molar-refractivity contribution >= 4 is 42.1 Å². The molecule has 288 valence electrons. The van der Waals surface area contributed by atoms with Crippen molar-refractivity contribution in [2.75, 3.05) is 45.3 Å². The minimum atomic E-state index is -3.79. The summed E-state index contributed by atoms with van der Waals surface area (Å²) in [5.41, 5.74) is 6.05. The predicted octanol–water partition coefficient (Wildman–Crippen LogP) is 8.59. The smallest absolute Gasteiger partial charge is 0.240 e. The molecule has 3 aromatic carbocycles. The molecule has 0 aliphatic carbocycles. The van der Waals surface area contributed by atoms with Gasteiger partial charge >= 0.3 is 0 Å². The Labute approximate surface area is 315 Å². The van der Waals surface area contributed by atoms with E-state index in [9.17, 15) is 16.8 Å². The van der Waals surface area contributed by atoms with E-state index in [-0.39, 0.29) is 19.2 Å². The van der Waals surface area contributed by atoms with Crippen molar-refractivity contribution in [2.45, 2.75) is 78.2 Å². The van der Waals surface area contributed by atoms with Crippen molar-refractivity contribution in [1.82, 2.24) is 4.31 Å². The first kappa shape index (κ1) is 43.6. The van der Waals surface area contributed by atoms with Crippen molar-refractivity contribution in [3.63, 3.8) is 0 Å². The summed E-state index contributed by atoms with van der Waals surface area (Å²) in [4.78, 5) is 0. The Bertz CT molecular complexity index is 1790. The fraction of sp³-hybridized carbons (Fsp3) is 0.487. The maximum atomic E-state index is 13.3. The van der Waals surface area contributed by atoms with Gasteiger partial charge in [0.1, 0.15) is 41.4 Å². The van der Waals surface area contributed by atoms with Gasteiger partial charge in [-0.25, -0.2) is 16.8 Å². The summed E-state index contributed by atoms with van der Waals surface area (Å²) in [5.74, 6) is 1.50. The lowest BCUT2D eigenvalue weighted by Crippen LogP contribution is -2.35. The van der Waals surface area contributed by atoms with Crippen LogP contribution in [0.2, 0.25) is 51.4 Å². The van der Waals surface area contributed by atoms with Crippen LogP contribution in [0.25, 0.3) is 17.2 Å². The van der Waals surface area contributed by atoms with Gasteiger partial charge in [0, 0.05) is 41.0 Å². The highest BCUT2D eigenvalue weighted by Gasteiger charge is 2.22. The second-order valence-corrected chi connectivity index (χ2v) is 31.1. The minimum Gasteiger partial charge on any atom is -0.494 e. The van der Waals surface area contributed by atoms with E-state index in [1.807, 2.05) is 62.4 Å². The highest BCUT2D eigenvalue weighted by molar-refractivity contribution is 7.92. The Morgan fingerprint density at radius 3 is 1.83 bits per heavy atom. The van der Waals surface area contributed by atoms with Crippen LogP contribution in [0.1, 0.15) is 28.7 Å². The number of rotatable bonds is 22. The first-order valence-electron chi connectivity index (χ1n) is 17.8. The van der Waals surface area contributed by atoms with E-state index in [0.29, 0.717) is 38.6 Å². The molecular formula is C39H59NO8S2Si2. The molecule has 0 bridgehead atoms. The van der Waals surface area contributed by atoms with Crippen molar-refractivity contribution < 1.29 is 35.8 Å². The largest absolute Gasteiger partial charge is 0.494 e. The molecule has 0 aromatic heterocycles. The summed E-state index contributed by atoms with van der Waals surface area (Å²) in [6.07, 6.45) is 3.26. The lowest BCUT2D eigenvalue weighted by molar-refractivity contribution is 0.00888. The van der Waals surface area contributed by atoms with Crippen LogP contribution in [0.3, 0.4) is 0 Å². The Morgan fingerprint density at radius 2 is 1.29 bits per heavy atom. The van der Waals surface area contributed by atoms with Gasteiger partial charge in [-0.1, -0.05) is 69.6 Å². The molecule has 0 unspecified atom stereocenters. The molecule has 0 aliphatic rings. The van der Waals surface area contributed by atoms with Crippen molar-refractivity contribution in [1.29, 1.82) is 0 Å². The van der Waals surface area contributed by atoms with Gasteiger partial charge in [-0.3, -0.25) is 0 Å². The normalized spacial score (nSPS) is 12.9. The van der Waals surface area contributed by atoms with Gasteiger partial charge in [-0.2, -0.15) is 0 Å². The quantitative estimate of drug-likeness (QED) is 0.0566. The summed E-state index contributed by atoms with van der Waals surface area (Å²) in [7, 11) is -9.41. The Kier molecular flexibility index (Phi) is 16.4. The maximum Gasteiger partial charge on any atom is 0.240 e. The summed E-state index contributed by atoms with van der Waals surface area (Å²) in [6.45, 7) is 19.3. The number of benzene rings is 3. The number of aryl methyl sites for hydroxylation is 2. The van der Waals surface area contributed by atoms with E-state index < -0.39 is 36.0 Å². The Hall–Kier alpha value is -2.79. The van der Waals surface area contributed by atoms with Crippen LogP contribution in [-0.2, 0) is 35.9 Å². The average Bonchev–Trinajstić information content (AvgIpc) is 3.03. The van der Waals surface area contributed by atoms with E-state index >= 15 is 0 Å². The SMILES string of the molecule is Cc1cc(OCCCS(C)(=O)=O)cc(C)c1-c1cccc(COc2ccc(C=CS(=O)(=O)N(COCC[Si](C)(C)C)COCC[Si](C)(C)C)cc2)c1. The van der Waals surface area contributed by atoms with Gasteiger partial charge in [0.25, 0.3) is 0 Å². The molecule has 0 N–H and O–H groups in total. The third kappa shape index (κ3) is 16.5. The molecule has 13 heteroatoms. The minimum absolute atomic E-state index is 0.0497. The summed E-state index contributed by atoms with van der Waals surface area (Å²) < 4.78 is 74.3. The number of hydrogen-bond donors (Lipinski definition) is 0. The zero-order valence-corrected chi connectivity index (χ0v) is 36.2. The topological polar surface area (TPSA) is 108 Å². The van der Waals surface area contributed by atoms with E-state index in [1.54, 1.807) is 6.08 Å². The van der Waals surface area contributed by atoms with Crippen LogP contribution >= 0.6 is 0 Å². The first-order valence-corrected chi connectivity index (χ1v) is 28.8. The van der Waals surface area contributed by atoms with Crippen LogP contribution in [0.15, 0.2) is 66.1 Å². The Morgan fingerprint density at radius 1 is 0.712 bits per heavy atom. The third-order valence-corrected chi connectivity index (χ3v) is 14.0. The van der Waals surface area contributed by atoms with Gasteiger partial charge in [0.15, 0.2) is 0 Å². The monoisotopic (exact) mass is 789 g/mol. The summed E-state index contributed by atoms with van der Waals surface area (Å²) in [6, 6.07) is 21.4. The van der Waals surface area contributed by atoms with Gasteiger partial charge in [0.05, 0.1) is 12.4 Å². The zero-order valence-electron chi connectivity index (χ0n) is 32.5. The summed E-state index contributed by atoms with van der Waals surface area (Å²) >= 11 is 0. The highest BCUT2D eigenvalue weighted by atomic mass is 32.2. The van der Waals surface area contributed by atoms with Crippen molar-refractivity contribution in [3.8, 4) is 22.6 Å². The molecule has 0 saturated heterocycles. The van der Waals surface area contributed by atoms with Crippen molar-refractivity contribution in [3.05, 3.63) is 88.3 Å². The average molecular weight is 790 g/mol. The molecule has 3 aromatic rings. The maximum absolute atomic E-state index is 13.3. The molecular weight excluding hydrogens is 731 g/mol. The van der Waals surface area contributed by atoms with Crippen LogP contribution in [0, 0.1) is 13.8 Å². The number of hydrogen-bond acceptors (Lipinski definition) is 8. The first-order chi connectivity index (χ1) is 24.2. The molecule has 52 heavy (non-hydrogen) atoms. The second-order valence-electron chi connectivity index (χ2n) is 15.8. The lowest BCUT2D eigenvalue weighted by atomic mass is 9.94. The fourth-order valence-electron chi connectivity index (χ4n) is 5.16. The van der Waals surface area contributed by atoms with Crippen LogP contribution in [0.5, 0.6) is 11.5 Å². The molecule has 0 fully saturated rings. The van der Waals surface area contributed by atoms with Gasteiger partial charge in [-0.15, -0.1) is 4.31 Å². The fourth-order valence-corrected chi connectivity index (χ4v) is 8.26. The van der Waals surface area contributed by atoms with Crippen LogP contribution in [0.4, 0.5) is 0 Å². The highest BCUT2D eigenvalue weighted by Crippen LogP contribution is 2.32. The molecule has 0 atom stereocenters. The molecule has 0 radical (unpaired) electrons. The van der Waals surface area contributed by atoms with Crippen molar-refractivity contribution in [2.24, 2.45) is 0 Å². The molecule has 0 spiro atoms. The molecule has 0 aliphatic heterocycles. The lowest BCUT2D eigenvalue weighted by Gasteiger charge is -2.23. The van der Waals surface area contributed by atoms with Gasteiger partial charge in [-0.05, 0) is 102 Å². The number of sulfone groups is 1. The number of ether oxygens (including phenoxy) is 4. The number of sulfonamides is 1.